The third kappa shape index (κ3) is 3.72. The molecule has 0 saturated heterocycles. The van der Waals surface area contributed by atoms with E-state index >= 15 is 0 Å². The second-order valence-corrected chi connectivity index (χ2v) is 3.33. The molecule has 0 aliphatic rings. The fourth-order valence-electron chi connectivity index (χ4n) is 1.28. The van der Waals surface area contributed by atoms with Gasteiger partial charge in [0, 0.05) is 12.3 Å². The third-order valence-electron chi connectivity index (χ3n) is 2.23. The van der Waals surface area contributed by atoms with Crippen LogP contribution in [0.25, 0.3) is 0 Å². The van der Waals surface area contributed by atoms with Crippen molar-refractivity contribution in [2.45, 2.75) is 19.3 Å². The van der Waals surface area contributed by atoms with Crippen LogP contribution < -0.4 is 0 Å². The van der Waals surface area contributed by atoms with Crippen LogP contribution in [0.2, 0.25) is 0 Å². The Morgan fingerprint density at radius 2 is 2.07 bits per heavy atom. The quantitative estimate of drug-likeness (QED) is 0.749. The van der Waals surface area contributed by atoms with E-state index in [0.717, 1.165) is 5.56 Å². The molecule has 0 bridgehead atoms. The van der Waals surface area contributed by atoms with Crippen molar-refractivity contribution >= 4 is 5.97 Å². The molecule has 1 aromatic carbocycles. The number of rotatable bonds is 5. The van der Waals surface area contributed by atoms with Crippen LogP contribution in [0.1, 0.15) is 24.8 Å². The van der Waals surface area contributed by atoms with E-state index < -0.39 is 0 Å². The summed E-state index contributed by atoms with van der Waals surface area (Å²) >= 11 is 0. The van der Waals surface area contributed by atoms with Gasteiger partial charge in [0.05, 0.1) is 6.61 Å². The maximum atomic E-state index is 11.0. The van der Waals surface area contributed by atoms with E-state index in [1.165, 1.54) is 0 Å². The fraction of sp³-hybridized carbons (Fsp3) is 0.417. The van der Waals surface area contributed by atoms with Crippen molar-refractivity contribution in [3.8, 4) is 0 Å². The summed E-state index contributed by atoms with van der Waals surface area (Å²) in [6, 6.07) is 9.55. The monoisotopic (exact) mass is 208 g/mol. The van der Waals surface area contributed by atoms with Crippen LogP contribution in [0, 0.1) is 0 Å². The van der Waals surface area contributed by atoms with E-state index in [4.69, 9.17) is 4.74 Å². The Balaban J connectivity index is 2.53. The molecule has 15 heavy (non-hydrogen) atoms. The Hall–Kier alpha value is -1.35. The first kappa shape index (κ1) is 11.7. The zero-order valence-electron chi connectivity index (χ0n) is 8.85. The number of hydrogen-bond acceptors (Lipinski definition) is 3. The summed E-state index contributed by atoms with van der Waals surface area (Å²) in [7, 11) is 0. The van der Waals surface area contributed by atoms with E-state index in [2.05, 4.69) is 0 Å². The van der Waals surface area contributed by atoms with Crippen molar-refractivity contribution in [3.05, 3.63) is 35.9 Å². The van der Waals surface area contributed by atoms with Crippen molar-refractivity contribution in [2.24, 2.45) is 0 Å². The van der Waals surface area contributed by atoms with Gasteiger partial charge in [0.2, 0.25) is 0 Å². The van der Waals surface area contributed by atoms with Crippen LogP contribution in [-0.4, -0.2) is 24.3 Å². The first-order valence-corrected chi connectivity index (χ1v) is 5.09. The molecule has 0 aliphatic carbocycles. The van der Waals surface area contributed by atoms with Gasteiger partial charge in [-0.3, -0.25) is 4.79 Å². The van der Waals surface area contributed by atoms with Gasteiger partial charge in [-0.1, -0.05) is 37.3 Å². The second-order valence-electron chi connectivity index (χ2n) is 3.33. The van der Waals surface area contributed by atoms with E-state index in [-0.39, 0.29) is 25.1 Å². The van der Waals surface area contributed by atoms with Gasteiger partial charge in [-0.2, -0.15) is 0 Å². The zero-order chi connectivity index (χ0) is 11.1. The molecule has 82 valence electrons. The lowest BCUT2D eigenvalue weighted by Gasteiger charge is -2.14. The molecule has 0 aromatic heterocycles. The molecule has 0 fully saturated rings. The van der Waals surface area contributed by atoms with Crippen LogP contribution >= 0.6 is 0 Å². The number of esters is 1. The fourth-order valence-corrected chi connectivity index (χ4v) is 1.28. The van der Waals surface area contributed by atoms with Gasteiger partial charge in [0.1, 0.15) is 6.61 Å². The van der Waals surface area contributed by atoms with Gasteiger partial charge in [-0.25, -0.2) is 0 Å². The molecule has 1 unspecified atom stereocenters. The topological polar surface area (TPSA) is 46.5 Å². The lowest BCUT2D eigenvalue weighted by Crippen LogP contribution is -2.15. The molecule has 0 saturated carbocycles. The van der Waals surface area contributed by atoms with Gasteiger partial charge in [0.15, 0.2) is 0 Å². The molecule has 0 spiro atoms. The number of carbonyl (C=O) groups is 1. The molecule has 3 nitrogen and oxygen atoms in total. The maximum absolute atomic E-state index is 11.0. The normalized spacial score (nSPS) is 12.1. The molecule has 0 heterocycles. The minimum absolute atomic E-state index is 0.0129. The Morgan fingerprint density at radius 3 is 2.60 bits per heavy atom. The zero-order valence-corrected chi connectivity index (χ0v) is 8.85. The number of aliphatic hydroxyl groups excluding tert-OH is 1. The van der Waals surface area contributed by atoms with E-state index in [1.54, 1.807) is 6.92 Å². The summed E-state index contributed by atoms with van der Waals surface area (Å²) in [5.74, 6) is -0.355. The largest absolute Gasteiger partial charge is 0.465 e. The highest BCUT2D eigenvalue weighted by molar-refractivity contribution is 5.68. The molecule has 1 atom stereocenters. The highest BCUT2D eigenvalue weighted by Gasteiger charge is 2.12. The Morgan fingerprint density at radius 1 is 1.40 bits per heavy atom. The predicted octanol–water partition coefficient (Wildman–Crippen LogP) is 1.72. The van der Waals surface area contributed by atoms with Gasteiger partial charge < -0.3 is 9.84 Å². The van der Waals surface area contributed by atoms with Crippen LogP contribution in [0.3, 0.4) is 0 Å². The second kappa shape index (κ2) is 6.19. The first-order chi connectivity index (χ1) is 7.27. The van der Waals surface area contributed by atoms with Crippen molar-refractivity contribution in [1.82, 2.24) is 0 Å². The molecule has 0 aliphatic heterocycles. The van der Waals surface area contributed by atoms with E-state index in [0.29, 0.717) is 6.42 Å². The lowest BCUT2D eigenvalue weighted by atomic mass is 10.0. The standard InChI is InChI=1S/C12H16O3/c1-2-12(14)15-9-11(8-13)10-6-4-3-5-7-10/h3-7,11,13H,2,8-9H2,1H3. The minimum Gasteiger partial charge on any atom is -0.465 e. The number of carbonyl (C=O) groups excluding carboxylic acids is 1. The van der Waals surface area contributed by atoms with Gasteiger partial charge in [-0.15, -0.1) is 0 Å². The highest BCUT2D eigenvalue weighted by Crippen LogP contribution is 2.15. The minimum atomic E-state index is -0.232. The van der Waals surface area contributed by atoms with E-state index in [9.17, 15) is 9.90 Å². The molecule has 1 rings (SSSR count). The number of ether oxygens (including phenoxy) is 1. The average Bonchev–Trinajstić information content (AvgIpc) is 2.31. The van der Waals surface area contributed by atoms with Crippen LogP contribution in [-0.2, 0) is 9.53 Å². The molecule has 1 N–H and O–H groups in total. The molecule has 0 radical (unpaired) electrons. The van der Waals surface area contributed by atoms with Crippen LogP contribution in [0.4, 0.5) is 0 Å². The molecular formula is C12H16O3. The average molecular weight is 208 g/mol. The highest BCUT2D eigenvalue weighted by atomic mass is 16.5. The van der Waals surface area contributed by atoms with E-state index in [1.807, 2.05) is 30.3 Å². The van der Waals surface area contributed by atoms with Crippen molar-refractivity contribution in [3.63, 3.8) is 0 Å². The summed E-state index contributed by atoms with van der Waals surface area (Å²) in [4.78, 5) is 11.0. The first-order valence-electron chi connectivity index (χ1n) is 5.09. The Labute approximate surface area is 89.7 Å². The molecule has 0 amide bonds. The molecule has 1 aromatic rings. The van der Waals surface area contributed by atoms with Gasteiger partial charge in [-0.05, 0) is 5.56 Å². The number of benzene rings is 1. The van der Waals surface area contributed by atoms with Gasteiger partial charge in [0.25, 0.3) is 0 Å². The molecule has 3 heteroatoms. The summed E-state index contributed by atoms with van der Waals surface area (Å²) in [5, 5.41) is 9.17. The van der Waals surface area contributed by atoms with Crippen molar-refractivity contribution in [1.29, 1.82) is 0 Å². The van der Waals surface area contributed by atoms with Crippen molar-refractivity contribution in [2.75, 3.05) is 13.2 Å². The van der Waals surface area contributed by atoms with Crippen LogP contribution in [0.15, 0.2) is 30.3 Å². The van der Waals surface area contributed by atoms with Gasteiger partial charge >= 0.3 is 5.97 Å². The van der Waals surface area contributed by atoms with Crippen LogP contribution in [0.5, 0.6) is 0 Å². The summed E-state index contributed by atoms with van der Waals surface area (Å²) in [6.07, 6.45) is 0.368. The SMILES string of the molecule is CCC(=O)OCC(CO)c1ccccc1. The summed E-state index contributed by atoms with van der Waals surface area (Å²) in [5.41, 5.74) is 0.990. The predicted molar refractivity (Wildman–Crippen MR) is 57.5 cm³/mol. The lowest BCUT2D eigenvalue weighted by molar-refractivity contribution is -0.144. The van der Waals surface area contributed by atoms with Crippen molar-refractivity contribution < 1.29 is 14.6 Å². The maximum Gasteiger partial charge on any atom is 0.305 e. The number of aliphatic hydroxyl groups is 1. The molecular weight excluding hydrogens is 192 g/mol. The Bertz CT molecular complexity index is 295. The Kier molecular flexibility index (Phi) is 4.84. The number of hydrogen-bond donors (Lipinski definition) is 1. The summed E-state index contributed by atoms with van der Waals surface area (Å²) in [6.45, 7) is 1.98. The third-order valence-corrected chi connectivity index (χ3v) is 2.23. The summed E-state index contributed by atoms with van der Waals surface area (Å²) < 4.78 is 5.00. The smallest absolute Gasteiger partial charge is 0.305 e.